The predicted molar refractivity (Wildman–Crippen MR) is 104 cm³/mol. The van der Waals surface area contributed by atoms with Crippen LogP contribution < -0.4 is 22.9 Å². The van der Waals surface area contributed by atoms with Crippen molar-refractivity contribution >= 4 is 11.9 Å². The molecule has 0 aromatic carbocycles. The fraction of sp³-hybridized carbons (Fsp3) is 0.889. The van der Waals surface area contributed by atoms with Gasteiger partial charge in [-0.2, -0.15) is 0 Å². The van der Waals surface area contributed by atoms with E-state index in [1.165, 1.54) is 0 Å². The van der Waals surface area contributed by atoms with Gasteiger partial charge < -0.3 is 37.5 Å². The van der Waals surface area contributed by atoms with E-state index in [4.69, 9.17) is 32.4 Å². The second kappa shape index (κ2) is 16.9. The number of rotatable bonds is 17. The Morgan fingerprint density at radius 2 is 1.22 bits per heavy atom. The fourth-order valence-corrected chi connectivity index (χ4v) is 2.49. The summed E-state index contributed by atoms with van der Waals surface area (Å²) in [4.78, 5) is 23.3. The molecule has 0 radical (unpaired) electrons. The van der Waals surface area contributed by atoms with Crippen LogP contribution in [0.1, 0.15) is 57.8 Å². The van der Waals surface area contributed by atoms with E-state index >= 15 is 0 Å². The zero-order valence-corrected chi connectivity index (χ0v) is 16.3. The van der Waals surface area contributed by atoms with E-state index in [-0.39, 0.29) is 25.3 Å². The number of ether oxygens (including phenoxy) is 2. The molecule has 27 heavy (non-hydrogen) atoms. The number of hydrogen-bond acceptors (Lipinski definition) is 9. The maximum absolute atomic E-state index is 11.7. The Balaban J connectivity index is 3.74. The van der Waals surface area contributed by atoms with Gasteiger partial charge in [0.15, 0.2) is 6.10 Å². The molecule has 0 rings (SSSR count). The molecule has 0 amide bonds. The lowest BCUT2D eigenvalue weighted by molar-refractivity contribution is -0.160. The highest BCUT2D eigenvalue weighted by molar-refractivity contribution is 5.81. The van der Waals surface area contributed by atoms with Crippen LogP contribution in [0.2, 0.25) is 0 Å². The van der Waals surface area contributed by atoms with Crippen LogP contribution in [0.25, 0.3) is 0 Å². The van der Waals surface area contributed by atoms with E-state index in [0.717, 1.165) is 32.1 Å². The molecule has 0 saturated heterocycles. The molecule has 0 heterocycles. The monoisotopic (exact) mass is 390 g/mol. The SMILES string of the molecule is NCCCC(N)CCCOC(=O)CC(O)C(=O)OCCCC(N)CCCN. The van der Waals surface area contributed by atoms with E-state index < -0.39 is 24.5 Å². The molecular weight excluding hydrogens is 352 g/mol. The highest BCUT2D eigenvalue weighted by Gasteiger charge is 2.21. The molecule has 0 aliphatic rings. The van der Waals surface area contributed by atoms with E-state index in [1.54, 1.807) is 0 Å². The maximum atomic E-state index is 11.7. The number of aliphatic hydroxyl groups excluding tert-OH is 1. The van der Waals surface area contributed by atoms with Crippen LogP contribution in [0.5, 0.6) is 0 Å². The Labute approximate surface area is 162 Å². The van der Waals surface area contributed by atoms with Gasteiger partial charge in [-0.1, -0.05) is 0 Å². The van der Waals surface area contributed by atoms with Crippen LogP contribution in [0, 0.1) is 0 Å². The third-order valence-corrected chi connectivity index (χ3v) is 4.14. The molecule has 0 aliphatic carbocycles. The van der Waals surface area contributed by atoms with Crippen molar-refractivity contribution in [1.82, 2.24) is 0 Å². The second-order valence-corrected chi connectivity index (χ2v) is 6.77. The van der Waals surface area contributed by atoms with Gasteiger partial charge >= 0.3 is 11.9 Å². The van der Waals surface area contributed by atoms with E-state index in [9.17, 15) is 14.7 Å². The molecule has 3 unspecified atom stereocenters. The molecular formula is C18H38N4O5. The fourth-order valence-electron chi connectivity index (χ4n) is 2.49. The maximum Gasteiger partial charge on any atom is 0.335 e. The number of carbonyl (C=O) groups is 2. The molecule has 9 heteroatoms. The van der Waals surface area contributed by atoms with Crippen LogP contribution in [-0.2, 0) is 19.1 Å². The van der Waals surface area contributed by atoms with Gasteiger partial charge in [0.1, 0.15) is 0 Å². The second-order valence-electron chi connectivity index (χ2n) is 6.77. The molecule has 0 aromatic rings. The minimum Gasteiger partial charge on any atom is -0.466 e. The summed E-state index contributed by atoms with van der Waals surface area (Å²) >= 11 is 0. The van der Waals surface area contributed by atoms with Crippen molar-refractivity contribution in [2.75, 3.05) is 26.3 Å². The van der Waals surface area contributed by atoms with E-state index in [0.29, 0.717) is 32.4 Å². The van der Waals surface area contributed by atoms with Gasteiger partial charge in [-0.15, -0.1) is 0 Å². The molecule has 0 saturated carbocycles. The van der Waals surface area contributed by atoms with Crippen LogP contribution >= 0.6 is 0 Å². The smallest absolute Gasteiger partial charge is 0.335 e. The van der Waals surface area contributed by atoms with Gasteiger partial charge in [-0.25, -0.2) is 4.79 Å². The average Bonchev–Trinajstić information content (AvgIpc) is 2.64. The molecule has 0 spiro atoms. The van der Waals surface area contributed by atoms with Crippen molar-refractivity contribution in [3.63, 3.8) is 0 Å². The van der Waals surface area contributed by atoms with E-state index in [2.05, 4.69) is 0 Å². The van der Waals surface area contributed by atoms with Gasteiger partial charge in [0.05, 0.1) is 19.6 Å². The zero-order valence-electron chi connectivity index (χ0n) is 16.3. The standard InChI is InChI=1S/C18H38N4O5/c19-9-1-5-14(21)7-3-11-26-17(24)13-16(23)18(25)27-12-4-8-15(22)6-2-10-20/h14-16,23H,1-13,19-22H2. The van der Waals surface area contributed by atoms with Crippen molar-refractivity contribution in [1.29, 1.82) is 0 Å². The normalized spacial score (nSPS) is 14.4. The topological polar surface area (TPSA) is 177 Å². The molecule has 0 aliphatic heterocycles. The highest BCUT2D eigenvalue weighted by Crippen LogP contribution is 2.05. The molecule has 9 nitrogen and oxygen atoms in total. The van der Waals surface area contributed by atoms with Gasteiger partial charge in [0.25, 0.3) is 0 Å². The highest BCUT2D eigenvalue weighted by atomic mass is 16.6. The third kappa shape index (κ3) is 15.5. The Kier molecular flexibility index (Phi) is 16.1. The quantitative estimate of drug-likeness (QED) is 0.162. The minimum absolute atomic E-state index is 0.0237. The van der Waals surface area contributed by atoms with Crippen LogP contribution in [-0.4, -0.2) is 61.5 Å². The summed E-state index contributed by atoms with van der Waals surface area (Å²) in [6.07, 6.45) is 4.12. The molecule has 0 fully saturated rings. The molecule has 9 N–H and O–H groups in total. The van der Waals surface area contributed by atoms with Gasteiger partial charge in [-0.05, 0) is 64.5 Å². The van der Waals surface area contributed by atoms with E-state index in [1.807, 2.05) is 0 Å². The first-order valence-electron chi connectivity index (χ1n) is 9.82. The Morgan fingerprint density at radius 3 is 1.70 bits per heavy atom. The van der Waals surface area contributed by atoms with Crippen LogP contribution in [0.4, 0.5) is 0 Å². The summed E-state index contributed by atoms with van der Waals surface area (Å²) in [5, 5.41) is 9.71. The van der Waals surface area contributed by atoms with Crippen LogP contribution in [0.15, 0.2) is 0 Å². The van der Waals surface area contributed by atoms with Gasteiger partial charge in [0.2, 0.25) is 0 Å². The lowest BCUT2D eigenvalue weighted by atomic mass is 10.1. The van der Waals surface area contributed by atoms with Gasteiger partial charge in [0, 0.05) is 12.1 Å². The molecule has 0 aromatic heterocycles. The lowest BCUT2D eigenvalue weighted by Crippen LogP contribution is -2.28. The zero-order chi connectivity index (χ0) is 20.5. The average molecular weight is 391 g/mol. The Bertz CT molecular complexity index is 398. The van der Waals surface area contributed by atoms with Crippen molar-refractivity contribution in [3.8, 4) is 0 Å². The number of hydrogen-bond donors (Lipinski definition) is 5. The molecule has 0 bridgehead atoms. The van der Waals surface area contributed by atoms with Crippen molar-refractivity contribution in [2.45, 2.75) is 76.0 Å². The summed E-state index contributed by atoms with van der Waals surface area (Å²) in [5.74, 6) is -1.47. The summed E-state index contributed by atoms with van der Waals surface area (Å²) < 4.78 is 9.95. The largest absolute Gasteiger partial charge is 0.466 e. The summed E-state index contributed by atoms with van der Waals surface area (Å²) in [6.45, 7) is 1.57. The molecule has 3 atom stereocenters. The number of aliphatic hydroxyl groups is 1. The van der Waals surface area contributed by atoms with Gasteiger partial charge in [-0.3, -0.25) is 4.79 Å². The number of esters is 2. The summed E-state index contributed by atoms with van der Waals surface area (Å²) in [7, 11) is 0. The Hall–Kier alpha value is -1.26. The lowest BCUT2D eigenvalue weighted by Gasteiger charge is -2.13. The van der Waals surface area contributed by atoms with Crippen molar-refractivity contribution in [3.05, 3.63) is 0 Å². The first-order valence-corrected chi connectivity index (χ1v) is 9.82. The summed E-state index contributed by atoms with van der Waals surface area (Å²) in [6, 6.07) is 0.0619. The first-order chi connectivity index (χ1) is 12.9. The minimum atomic E-state index is -1.52. The first kappa shape index (κ1) is 25.7. The van der Waals surface area contributed by atoms with Crippen molar-refractivity contribution < 1.29 is 24.2 Å². The summed E-state index contributed by atoms with van der Waals surface area (Å²) in [5.41, 5.74) is 22.6. The molecule has 160 valence electrons. The van der Waals surface area contributed by atoms with Crippen molar-refractivity contribution in [2.24, 2.45) is 22.9 Å². The number of carbonyl (C=O) groups excluding carboxylic acids is 2. The van der Waals surface area contributed by atoms with Crippen LogP contribution in [0.3, 0.4) is 0 Å². The Morgan fingerprint density at radius 1 is 0.778 bits per heavy atom. The third-order valence-electron chi connectivity index (χ3n) is 4.14. The predicted octanol–water partition coefficient (Wildman–Crippen LogP) is -0.483. The number of nitrogens with two attached hydrogens (primary N) is 4.